The number of hydrogen-bond donors (Lipinski definition) is 1. The minimum absolute atomic E-state index is 0.166. The average Bonchev–Trinajstić information content (AvgIpc) is 2.82. The fourth-order valence-corrected chi connectivity index (χ4v) is 2.03. The number of carbonyl (C=O) groups excluding carboxylic acids is 1. The van der Waals surface area contributed by atoms with Crippen LogP contribution in [0.15, 0.2) is 24.3 Å². The number of carbonyl (C=O) groups is 1. The van der Waals surface area contributed by atoms with E-state index in [-0.39, 0.29) is 11.8 Å². The molecule has 0 spiro atoms. The maximum absolute atomic E-state index is 11.6. The second-order valence-electron chi connectivity index (χ2n) is 3.82. The molecule has 1 saturated carbocycles. The zero-order chi connectivity index (χ0) is 10.1. The molecule has 0 bridgehead atoms. The molecule has 0 aliphatic heterocycles. The maximum atomic E-state index is 11.6. The summed E-state index contributed by atoms with van der Waals surface area (Å²) in [7, 11) is 0. The van der Waals surface area contributed by atoms with E-state index in [0.29, 0.717) is 5.92 Å². The molecule has 74 valence electrons. The van der Waals surface area contributed by atoms with Crippen molar-refractivity contribution >= 4 is 34.2 Å². The van der Waals surface area contributed by atoms with Crippen LogP contribution < -0.4 is 5.32 Å². The summed E-state index contributed by atoms with van der Waals surface area (Å²) in [5, 5.41) is 2.93. The highest BCUT2D eigenvalue weighted by Crippen LogP contribution is 2.38. The van der Waals surface area contributed by atoms with Gasteiger partial charge in [0, 0.05) is 15.2 Å². The second kappa shape index (κ2) is 3.88. The van der Waals surface area contributed by atoms with Gasteiger partial charge in [0.2, 0.25) is 5.91 Å². The van der Waals surface area contributed by atoms with E-state index in [1.54, 1.807) is 0 Å². The average molecular weight is 301 g/mol. The third-order valence-electron chi connectivity index (χ3n) is 2.54. The number of amides is 1. The normalized spacial score (nSPS) is 24.4. The Hall–Kier alpha value is -0.580. The lowest BCUT2D eigenvalue weighted by Gasteiger charge is -2.04. The molecule has 0 unspecified atom stereocenters. The first-order chi connectivity index (χ1) is 6.66. The van der Waals surface area contributed by atoms with Gasteiger partial charge in [0.1, 0.15) is 0 Å². The molecule has 1 amide bonds. The molecule has 1 fully saturated rings. The Kier molecular flexibility index (Phi) is 2.76. The van der Waals surface area contributed by atoms with Crippen LogP contribution in [0.25, 0.3) is 0 Å². The third-order valence-corrected chi connectivity index (χ3v) is 3.21. The summed E-state index contributed by atoms with van der Waals surface area (Å²) in [5.41, 5.74) is 0.904. The van der Waals surface area contributed by atoms with Crippen molar-refractivity contribution in [1.82, 2.24) is 0 Å². The topological polar surface area (TPSA) is 29.1 Å². The number of anilines is 1. The van der Waals surface area contributed by atoms with Gasteiger partial charge in [0.25, 0.3) is 0 Å². The Morgan fingerprint density at radius 2 is 2.29 bits per heavy atom. The number of hydrogen-bond acceptors (Lipinski definition) is 1. The van der Waals surface area contributed by atoms with Crippen molar-refractivity contribution in [2.45, 2.75) is 13.3 Å². The lowest BCUT2D eigenvalue weighted by atomic mass is 10.3. The molecule has 0 radical (unpaired) electrons. The van der Waals surface area contributed by atoms with Crippen LogP contribution in [0.1, 0.15) is 13.3 Å². The molecule has 1 N–H and O–H groups in total. The van der Waals surface area contributed by atoms with Gasteiger partial charge in [0.05, 0.1) is 0 Å². The van der Waals surface area contributed by atoms with Gasteiger partial charge < -0.3 is 5.32 Å². The molecule has 1 aromatic rings. The fraction of sp³-hybridized carbons (Fsp3) is 0.364. The summed E-state index contributed by atoms with van der Waals surface area (Å²) in [6.45, 7) is 2.11. The van der Waals surface area contributed by atoms with Crippen molar-refractivity contribution in [3.63, 3.8) is 0 Å². The van der Waals surface area contributed by atoms with Gasteiger partial charge in [-0.15, -0.1) is 0 Å². The zero-order valence-electron chi connectivity index (χ0n) is 7.96. The van der Waals surface area contributed by atoms with Gasteiger partial charge >= 0.3 is 0 Å². The second-order valence-corrected chi connectivity index (χ2v) is 5.06. The first-order valence-corrected chi connectivity index (χ1v) is 5.81. The molecule has 1 aliphatic carbocycles. The minimum Gasteiger partial charge on any atom is -0.326 e. The first-order valence-electron chi connectivity index (χ1n) is 4.73. The summed E-state index contributed by atoms with van der Waals surface area (Å²) >= 11 is 2.24. The van der Waals surface area contributed by atoms with Crippen LogP contribution in [-0.2, 0) is 4.79 Å². The molecule has 2 nitrogen and oxygen atoms in total. The van der Waals surface area contributed by atoms with E-state index in [9.17, 15) is 4.79 Å². The first kappa shape index (κ1) is 9.96. The van der Waals surface area contributed by atoms with Crippen molar-refractivity contribution in [1.29, 1.82) is 0 Å². The summed E-state index contributed by atoms with van der Waals surface area (Å²) in [5.74, 6) is 0.977. The summed E-state index contributed by atoms with van der Waals surface area (Å²) < 4.78 is 1.14. The number of rotatable bonds is 2. The maximum Gasteiger partial charge on any atom is 0.227 e. The quantitative estimate of drug-likeness (QED) is 0.836. The highest BCUT2D eigenvalue weighted by Gasteiger charge is 2.38. The largest absolute Gasteiger partial charge is 0.326 e. The van der Waals surface area contributed by atoms with Crippen LogP contribution in [0.4, 0.5) is 5.69 Å². The van der Waals surface area contributed by atoms with Crippen molar-refractivity contribution in [2.75, 3.05) is 5.32 Å². The van der Waals surface area contributed by atoms with Crippen molar-refractivity contribution in [2.24, 2.45) is 11.8 Å². The Labute approximate surface area is 97.2 Å². The van der Waals surface area contributed by atoms with E-state index in [2.05, 4.69) is 34.8 Å². The Morgan fingerprint density at radius 3 is 2.86 bits per heavy atom. The lowest BCUT2D eigenvalue weighted by molar-refractivity contribution is -0.117. The molecule has 1 aromatic carbocycles. The standard InChI is InChI=1S/C11H12INO/c1-7-5-10(7)11(14)13-9-4-2-3-8(12)6-9/h2-4,6-7,10H,5H2,1H3,(H,13,14)/t7-,10-/m0/s1. The highest BCUT2D eigenvalue weighted by molar-refractivity contribution is 14.1. The van der Waals surface area contributed by atoms with Gasteiger partial charge in [-0.2, -0.15) is 0 Å². The minimum atomic E-state index is 0.166. The van der Waals surface area contributed by atoms with Crippen molar-refractivity contribution in [3.05, 3.63) is 27.8 Å². The van der Waals surface area contributed by atoms with Crippen LogP contribution in [0, 0.1) is 15.4 Å². The summed E-state index contributed by atoms with van der Waals surface area (Å²) in [6, 6.07) is 7.86. The van der Waals surface area contributed by atoms with Gasteiger partial charge in [-0.1, -0.05) is 13.0 Å². The van der Waals surface area contributed by atoms with E-state index in [0.717, 1.165) is 15.7 Å². The van der Waals surface area contributed by atoms with Crippen LogP contribution in [-0.4, -0.2) is 5.91 Å². The SMILES string of the molecule is C[C@H]1C[C@@H]1C(=O)Nc1cccc(I)c1. The molecular formula is C11H12INO. The van der Waals surface area contributed by atoms with Crippen molar-refractivity contribution in [3.8, 4) is 0 Å². The van der Waals surface area contributed by atoms with Crippen LogP contribution in [0.2, 0.25) is 0 Å². The van der Waals surface area contributed by atoms with E-state index >= 15 is 0 Å². The Bertz CT molecular complexity index is 364. The predicted molar refractivity (Wildman–Crippen MR) is 65.1 cm³/mol. The fourth-order valence-electron chi connectivity index (χ4n) is 1.49. The summed E-state index contributed by atoms with van der Waals surface area (Å²) in [6.07, 6.45) is 1.04. The third kappa shape index (κ3) is 2.26. The summed E-state index contributed by atoms with van der Waals surface area (Å²) in [4.78, 5) is 11.6. The monoisotopic (exact) mass is 301 g/mol. The highest BCUT2D eigenvalue weighted by atomic mass is 127. The van der Waals surface area contributed by atoms with Crippen LogP contribution in [0.5, 0.6) is 0 Å². The molecular weight excluding hydrogens is 289 g/mol. The van der Waals surface area contributed by atoms with E-state index < -0.39 is 0 Å². The number of nitrogens with one attached hydrogen (secondary N) is 1. The van der Waals surface area contributed by atoms with Crippen LogP contribution in [0.3, 0.4) is 0 Å². The lowest BCUT2D eigenvalue weighted by Crippen LogP contribution is -2.14. The van der Waals surface area contributed by atoms with Gasteiger partial charge in [0.15, 0.2) is 0 Å². The predicted octanol–water partition coefficient (Wildman–Crippen LogP) is 2.89. The number of benzene rings is 1. The van der Waals surface area contributed by atoms with Crippen LogP contribution >= 0.6 is 22.6 Å². The van der Waals surface area contributed by atoms with Gasteiger partial charge in [-0.25, -0.2) is 0 Å². The smallest absolute Gasteiger partial charge is 0.227 e. The van der Waals surface area contributed by atoms with Gasteiger partial charge in [-0.05, 0) is 53.1 Å². The molecule has 0 saturated heterocycles. The van der Waals surface area contributed by atoms with E-state index in [4.69, 9.17) is 0 Å². The van der Waals surface area contributed by atoms with E-state index in [1.807, 2.05) is 24.3 Å². The molecule has 2 rings (SSSR count). The molecule has 3 heteroatoms. The zero-order valence-corrected chi connectivity index (χ0v) is 10.1. The molecule has 2 atom stereocenters. The molecule has 0 aromatic heterocycles. The Morgan fingerprint density at radius 1 is 1.57 bits per heavy atom. The Balaban J connectivity index is 2.00. The van der Waals surface area contributed by atoms with E-state index in [1.165, 1.54) is 0 Å². The molecule has 14 heavy (non-hydrogen) atoms. The number of halogens is 1. The molecule has 0 heterocycles. The van der Waals surface area contributed by atoms with Gasteiger partial charge in [-0.3, -0.25) is 4.79 Å². The molecule has 1 aliphatic rings. The van der Waals surface area contributed by atoms with Crippen molar-refractivity contribution < 1.29 is 4.79 Å².